The lowest BCUT2D eigenvalue weighted by atomic mass is 9.83. The standard InChI is InChI=1S/C16H25N3OS/c1-11(2)13-6-8-19(12(3)9-13)16(20)14-5-7-17-15(10-14)18-21-4/h5,7,10-13H,6,8-9H2,1-4H3,(H,17,18). The highest BCUT2D eigenvalue weighted by Gasteiger charge is 2.30. The van der Waals surface area contributed by atoms with Crippen molar-refractivity contribution in [3.05, 3.63) is 23.9 Å². The minimum atomic E-state index is 0.122. The van der Waals surface area contributed by atoms with Crippen LogP contribution in [-0.2, 0) is 0 Å². The summed E-state index contributed by atoms with van der Waals surface area (Å²) in [7, 11) is 0. The van der Waals surface area contributed by atoms with Crippen LogP contribution in [0.5, 0.6) is 0 Å². The molecule has 0 radical (unpaired) electrons. The zero-order chi connectivity index (χ0) is 15.4. The average molecular weight is 307 g/mol. The summed E-state index contributed by atoms with van der Waals surface area (Å²) in [4.78, 5) is 18.9. The molecule has 0 spiro atoms. The van der Waals surface area contributed by atoms with Crippen molar-refractivity contribution < 1.29 is 4.79 Å². The molecule has 2 rings (SSSR count). The molecule has 1 N–H and O–H groups in total. The minimum absolute atomic E-state index is 0.122. The molecule has 2 atom stereocenters. The van der Waals surface area contributed by atoms with Gasteiger partial charge in [-0.05, 0) is 43.7 Å². The van der Waals surface area contributed by atoms with Crippen LogP contribution in [0.1, 0.15) is 44.0 Å². The van der Waals surface area contributed by atoms with Crippen molar-refractivity contribution in [3.63, 3.8) is 0 Å². The van der Waals surface area contributed by atoms with Crippen molar-refractivity contribution >= 4 is 23.7 Å². The van der Waals surface area contributed by atoms with Gasteiger partial charge in [0.1, 0.15) is 5.82 Å². The van der Waals surface area contributed by atoms with Crippen molar-refractivity contribution in [3.8, 4) is 0 Å². The number of pyridine rings is 1. The largest absolute Gasteiger partial charge is 0.336 e. The van der Waals surface area contributed by atoms with Crippen LogP contribution >= 0.6 is 11.9 Å². The Labute approximate surface area is 131 Å². The van der Waals surface area contributed by atoms with Gasteiger partial charge in [0.2, 0.25) is 0 Å². The number of aromatic nitrogens is 1. The second-order valence-corrected chi connectivity index (χ2v) is 6.72. The monoisotopic (exact) mass is 307 g/mol. The van der Waals surface area contributed by atoms with Crippen LogP contribution in [-0.4, -0.2) is 34.6 Å². The second kappa shape index (κ2) is 7.16. The maximum Gasteiger partial charge on any atom is 0.254 e. The Hall–Kier alpha value is -1.23. The lowest BCUT2D eigenvalue weighted by Gasteiger charge is -2.39. The summed E-state index contributed by atoms with van der Waals surface area (Å²) in [6.07, 6.45) is 5.84. The van der Waals surface area contributed by atoms with Gasteiger partial charge >= 0.3 is 0 Å². The van der Waals surface area contributed by atoms with E-state index in [1.165, 1.54) is 11.9 Å². The Morgan fingerprint density at radius 1 is 1.52 bits per heavy atom. The van der Waals surface area contributed by atoms with E-state index in [9.17, 15) is 4.79 Å². The molecule has 1 fully saturated rings. The number of carbonyl (C=O) groups excluding carboxylic acids is 1. The number of hydrogen-bond acceptors (Lipinski definition) is 4. The lowest BCUT2D eigenvalue weighted by molar-refractivity contribution is 0.0539. The molecule has 0 bridgehead atoms. The fourth-order valence-electron chi connectivity index (χ4n) is 3.01. The van der Waals surface area contributed by atoms with Gasteiger partial charge in [-0.25, -0.2) is 4.98 Å². The molecule has 21 heavy (non-hydrogen) atoms. The molecule has 2 heterocycles. The van der Waals surface area contributed by atoms with Crippen LogP contribution < -0.4 is 4.72 Å². The summed E-state index contributed by atoms with van der Waals surface area (Å²) in [5, 5.41) is 0. The van der Waals surface area contributed by atoms with Crippen molar-refractivity contribution in [2.75, 3.05) is 17.5 Å². The fourth-order valence-corrected chi connectivity index (χ4v) is 3.33. The van der Waals surface area contributed by atoms with E-state index in [0.717, 1.165) is 36.7 Å². The van der Waals surface area contributed by atoms with Crippen molar-refractivity contribution in [1.82, 2.24) is 9.88 Å². The molecule has 5 heteroatoms. The molecule has 4 nitrogen and oxygen atoms in total. The van der Waals surface area contributed by atoms with E-state index in [4.69, 9.17) is 0 Å². The summed E-state index contributed by atoms with van der Waals surface area (Å²) >= 11 is 1.48. The predicted molar refractivity (Wildman–Crippen MR) is 89.4 cm³/mol. The summed E-state index contributed by atoms with van der Waals surface area (Å²) in [5.74, 6) is 2.28. The quantitative estimate of drug-likeness (QED) is 0.862. The molecule has 2 unspecified atom stereocenters. The van der Waals surface area contributed by atoms with E-state index in [1.807, 2.05) is 17.2 Å². The van der Waals surface area contributed by atoms with Gasteiger partial charge in [0.15, 0.2) is 0 Å². The summed E-state index contributed by atoms with van der Waals surface area (Å²) in [5.41, 5.74) is 0.719. The Kier molecular flexibility index (Phi) is 5.51. The molecule has 0 saturated carbocycles. The molecular weight excluding hydrogens is 282 g/mol. The van der Waals surface area contributed by atoms with E-state index >= 15 is 0 Å². The molecule has 1 aromatic heterocycles. The topological polar surface area (TPSA) is 45.2 Å². The highest BCUT2D eigenvalue weighted by molar-refractivity contribution is 7.99. The van der Waals surface area contributed by atoms with Gasteiger partial charge < -0.3 is 9.62 Å². The number of nitrogens with zero attached hydrogens (tertiary/aromatic N) is 2. The van der Waals surface area contributed by atoms with Gasteiger partial charge in [0.05, 0.1) is 0 Å². The number of piperidine rings is 1. The number of hydrogen-bond donors (Lipinski definition) is 1. The molecular formula is C16H25N3OS. The van der Waals surface area contributed by atoms with Crippen LogP contribution in [0, 0.1) is 11.8 Å². The third-order valence-corrected chi connectivity index (χ3v) is 4.75. The zero-order valence-corrected chi connectivity index (χ0v) is 14.1. The molecule has 1 amide bonds. The molecule has 1 aromatic rings. The van der Waals surface area contributed by atoms with Crippen LogP contribution in [0.4, 0.5) is 5.82 Å². The molecule has 1 aliphatic rings. The number of rotatable bonds is 4. The lowest BCUT2D eigenvalue weighted by Crippen LogP contribution is -2.45. The van der Waals surface area contributed by atoms with Crippen LogP contribution in [0.25, 0.3) is 0 Å². The predicted octanol–water partition coefficient (Wildman–Crippen LogP) is 3.67. The van der Waals surface area contributed by atoms with Gasteiger partial charge in [0, 0.05) is 30.6 Å². The van der Waals surface area contributed by atoms with Crippen molar-refractivity contribution in [2.45, 2.75) is 39.7 Å². The fraction of sp³-hybridized carbons (Fsp3) is 0.625. The summed E-state index contributed by atoms with van der Waals surface area (Å²) < 4.78 is 3.07. The van der Waals surface area contributed by atoms with Crippen LogP contribution in [0.15, 0.2) is 18.3 Å². The van der Waals surface area contributed by atoms with Gasteiger partial charge in [-0.15, -0.1) is 0 Å². The smallest absolute Gasteiger partial charge is 0.254 e. The van der Waals surface area contributed by atoms with Crippen LogP contribution in [0.2, 0.25) is 0 Å². The first kappa shape index (κ1) is 16.1. The van der Waals surface area contributed by atoms with Crippen molar-refractivity contribution in [2.24, 2.45) is 11.8 Å². The van der Waals surface area contributed by atoms with E-state index in [1.54, 1.807) is 12.3 Å². The number of anilines is 1. The summed E-state index contributed by atoms with van der Waals surface area (Å²) in [6, 6.07) is 3.94. The van der Waals surface area contributed by atoms with Gasteiger partial charge in [-0.2, -0.15) is 0 Å². The molecule has 116 valence electrons. The summed E-state index contributed by atoms with van der Waals surface area (Å²) in [6.45, 7) is 7.57. The Balaban J connectivity index is 2.08. The molecule has 0 aliphatic carbocycles. The van der Waals surface area contributed by atoms with Gasteiger partial charge in [-0.3, -0.25) is 4.79 Å². The van der Waals surface area contributed by atoms with E-state index in [0.29, 0.717) is 12.0 Å². The van der Waals surface area contributed by atoms with Gasteiger partial charge in [0.25, 0.3) is 5.91 Å². The number of nitrogens with one attached hydrogen (secondary N) is 1. The maximum absolute atomic E-state index is 12.7. The van der Waals surface area contributed by atoms with Crippen molar-refractivity contribution in [1.29, 1.82) is 0 Å². The molecule has 1 aliphatic heterocycles. The second-order valence-electron chi connectivity index (χ2n) is 6.11. The van der Waals surface area contributed by atoms with E-state index in [-0.39, 0.29) is 5.91 Å². The molecule has 1 saturated heterocycles. The van der Waals surface area contributed by atoms with Crippen LogP contribution in [0.3, 0.4) is 0 Å². The molecule has 0 aromatic carbocycles. The first-order valence-corrected chi connectivity index (χ1v) is 8.81. The Morgan fingerprint density at radius 3 is 2.90 bits per heavy atom. The van der Waals surface area contributed by atoms with E-state index in [2.05, 4.69) is 30.5 Å². The third kappa shape index (κ3) is 3.90. The van der Waals surface area contributed by atoms with E-state index < -0.39 is 0 Å². The number of likely N-dealkylation sites (tertiary alicyclic amines) is 1. The SMILES string of the molecule is CSNc1cc(C(=O)N2CCC(C(C)C)CC2C)ccn1. The number of amides is 1. The first-order valence-electron chi connectivity index (χ1n) is 7.59. The Bertz CT molecular complexity index is 492. The highest BCUT2D eigenvalue weighted by Crippen LogP contribution is 2.29. The maximum atomic E-state index is 12.7. The Morgan fingerprint density at radius 2 is 2.29 bits per heavy atom. The number of carbonyl (C=O) groups is 1. The highest BCUT2D eigenvalue weighted by atomic mass is 32.2. The first-order chi connectivity index (χ1) is 10.0. The minimum Gasteiger partial charge on any atom is -0.336 e. The normalized spacial score (nSPS) is 22.4. The zero-order valence-electron chi connectivity index (χ0n) is 13.3. The third-order valence-electron chi connectivity index (χ3n) is 4.33. The van der Waals surface area contributed by atoms with Gasteiger partial charge in [-0.1, -0.05) is 25.8 Å². The average Bonchev–Trinajstić information content (AvgIpc) is 2.47.